The van der Waals surface area contributed by atoms with Gasteiger partial charge >= 0.3 is 0 Å². The Kier molecular flexibility index (Phi) is 5.01. The van der Waals surface area contributed by atoms with Gasteiger partial charge in [-0.3, -0.25) is 0 Å². The van der Waals surface area contributed by atoms with E-state index in [4.69, 9.17) is 15.2 Å². The zero-order chi connectivity index (χ0) is 16.9. The molecule has 0 atom stereocenters. The number of hydrogen-bond donors (Lipinski definition) is 1. The van der Waals surface area contributed by atoms with Gasteiger partial charge in [0.2, 0.25) is 0 Å². The molecule has 0 fully saturated rings. The molecule has 1 aromatic heterocycles. The summed E-state index contributed by atoms with van der Waals surface area (Å²) < 4.78 is 11.4. The molecule has 0 spiro atoms. The van der Waals surface area contributed by atoms with Crippen LogP contribution in [0.15, 0.2) is 48.5 Å². The van der Waals surface area contributed by atoms with Crippen LogP contribution in [-0.2, 0) is 0 Å². The zero-order valence-electron chi connectivity index (χ0n) is 13.8. The highest BCUT2D eigenvalue weighted by molar-refractivity contribution is 7.15. The van der Waals surface area contributed by atoms with Gasteiger partial charge in [0.05, 0.1) is 5.69 Å². The maximum absolute atomic E-state index is 5.75. The number of nitrogen functional groups attached to an aromatic ring is 1. The number of thiazole rings is 1. The molecule has 2 aromatic carbocycles. The van der Waals surface area contributed by atoms with Crippen LogP contribution in [0.25, 0.3) is 11.3 Å². The Labute approximate surface area is 145 Å². The number of aryl methyl sites for hydroxylation is 2. The average Bonchev–Trinajstić information content (AvgIpc) is 2.92. The van der Waals surface area contributed by atoms with Crippen molar-refractivity contribution < 1.29 is 9.47 Å². The maximum atomic E-state index is 5.75. The summed E-state index contributed by atoms with van der Waals surface area (Å²) in [6.45, 7) is 5.08. The summed E-state index contributed by atoms with van der Waals surface area (Å²) in [6, 6.07) is 15.9. The van der Waals surface area contributed by atoms with Gasteiger partial charge in [-0.05, 0) is 50.2 Å². The van der Waals surface area contributed by atoms with Crippen LogP contribution in [0, 0.1) is 13.8 Å². The quantitative estimate of drug-likeness (QED) is 0.673. The highest BCUT2D eigenvalue weighted by Crippen LogP contribution is 2.29. The Balaban J connectivity index is 1.51. The Morgan fingerprint density at radius 3 is 1.92 bits per heavy atom. The summed E-state index contributed by atoms with van der Waals surface area (Å²) in [5.74, 6) is 1.67. The molecule has 0 aliphatic heterocycles. The molecule has 3 rings (SSSR count). The second-order valence-corrected chi connectivity index (χ2v) is 6.73. The van der Waals surface area contributed by atoms with Gasteiger partial charge in [-0.25, -0.2) is 4.98 Å². The zero-order valence-corrected chi connectivity index (χ0v) is 14.6. The fourth-order valence-electron chi connectivity index (χ4n) is 2.35. The van der Waals surface area contributed by atoms with Gasteiger partial charge in [0.15, 0.2) is 5.13 Å². The van der Waals surface area contributed by atoms with Crippen molar-refractivity contribution in [2.75, 3.05) is 18.9 Å². The molecular formula is C19H20N2O2S. The van der Waals surface area contributed by atoms with Crippen LogP contribution in [0.2, 0.25) is 0 Å². The molecule has 0 radical (unpaired) electrons. The topological polar surface area (TPSA) is 57.4 Å². The van der Waals surface area contributed by atoms with E-state index in [1.807, 2.05) is 55.5 Å². The molecule has 2 N–H and O–H groups in total. The molecule has 24 heavy (non-hydrogen) atoms. The highest BCUT2D eigenvalue weighted by atomic mass is 32.1. The lowest BCUT2D eigenvalue weighted by Crippen LogP contribution is -2.08. The maximum Gasteiger partial charge on any atom is 0.180 e. The number of hydrogen-bond acceptors (Lipinski definition) is 5. The van der Waals surface area contributed by atoms with Gasteiger partial charge in [0.1, 0.15) is 24.7 Å². The van der Waals surface area contributed by atoms with Crippen molar-refractivity contribution in [3.05, 3.63) is 59.0 Å². The summed E-state index contributed by atoms with van der Waals surface area (Å²) in [5, 5.41) is 0.594. The van der Waals surface area contributed by atoms with E-state index in [0.717, 1.165) is 27.6 Å². The van der Waals surface area contributed by atoms with Gasteiger partial charge in [-0.1, -0.05) is 17.7 Å². The molecule has 0 saturated carbocycles. The van der Waals surface area contributed by atoms with Crippen LogP contribution in [0.3, 0.4) is 0 Å². The predicted octanol–water partition coefficient (Wildman–Crippen LogP) is 4.47. The molecule has 124 valence electrons. The summed E-state index contributed by atoms with van der Waals surface area (Å²) in [5.41, 5.74) is 8.95. The van der Waals surface area contributed by atoms with E-state index >= 15 is 0 Å². The minimum atomic E-state index is 0.496. The van der Waals surface area contributed by atoms with Crippen LogP contribution < -0.4 is 15.2 Å². The van der Waals surface area contributed by atoms with Gasteiger partial charge < -0.3 is 15.2 Å². The van der Waals surface area contributed by atoms with Gasteiger partial charge in [-0.15, -0.1) is 11.3 Å². The summed E-state index contributed by atoms with van der Waals surface area (Å²) in [7, 11) is 0. The van der Waals surface area contributed by atoms with Crippen LogP contribution in [0.4, 0.5) is 5.13 Å². The summed E-state index contributed by atoms with van der Waals surface area (Å²) in [6.07, 6.45) is 0. The van der Waals surface area contributed by atoms with Gasteiger partial charge in [0, 0.05) is 10.4 Å². The molecule has 0 aliphatic rings. The van der Waals surface area contributed by atoms with Crippen molar-refractivity contribution in [2.45, 2.75) is 13.8 Å². The third kappa shape index (κ3) is 4.06. The first-order chi connectivity index (χ1) is 11.6. The number of benzene rings is 2. The molecule has 0 bridgehead atoms. The molecule has 0 aliphatic carbocycles. The molecule has 3 aromatic rings. The molecule has 4 nitrogen and oxygen atoms in total. The van der Waals surface area contributed by atoms with Crippen molar-refractivity contribution in [1.29, 1.82) is 0 Å². The lowest BCUT2D eigenvalue weighted by Gasteiger charge is -2.09. The largest absolute Gasteiger partial charge is 0.490 e. The molecule has 0 amide bonds. The van der Waals surface area contributed by atoms with Crippen LogP contribution >= 0.6 is 11.3 Å². The van der Waals surface area contributed by atoms with Crippen LogP contribution in [0.5, 0.6) is 11.5 Å². The number of nitrogens with two attached hydrogens (primary N) is 1. The first-order valence-corrected chi connectivity index (χ1v) is 8.59. The van der Waals surface area contributed by atoms with Gasteiger partial charge in [-0.2, -0.15) is 0 Å². The van der Waals surface area contributed by atoms with E-state index < -0.39 is 0 Å². The van der Waals surface area contributed by atoms with E-state index in [0.29, 0.717) is 18.3 Å². The predicted molar refractivity (Wildman–Crippen MR) is 98.9 cm³/mol. The number of ether oxygens (including phenoxy) is 2. The average molecular weight is 340 g/mol. The SMILES string of the molecule is Cc1ccc(OCCOc2ccc(-c3nc(N)sc3C)cc2)cc1. The Hall–Kier alpha value is -2.53. The first kappa shape index (κ1) is 16.3. The van der Waals surface area contributed by atoms with E-state index in [-0.39, 0.29) is 0 Å². The number of anilines is 1. The standard InChI is InChI=1S/C19H20N2O2S/c1-13-3-7-16(8-4-13)22-11-12-23-17-9-5-15(6-10-17)18-14(2)24-19(20)21-18/h3-10H,11-12H2,1-2H3,(H2,20,21). The highest BCUT2D eigenvalue weighted by Gasteiger charge is 2.08. The fourth-order valence-corrected chi connectivity index (χ4v) is 3.06. The third-order valence-corrected chi connectivity index (χ3v) is 4.38. The Morgan fingerprint density at radius 1 is 0.875 bits per heavy atom. The normalized spacial score (nSPS) is 10.6. The lowest BCUT2D eigenvalue weighted by molar-refractivity contribution is 0.217. The smallest absolute Gasteiger partial charge is 0.180 e. The van der Waals surface area contributed by atoms with Gasteiger partial charge in [0.25, 0.3) is 0 Å². The minimum absolute atomic E-state index is 0.496. The van der Waals surface area contributed by atoms with Crippen molar-refractivity contribution in [3.63, 3.8) is 0 Å². The van der Waals surface area contributed by atoms with Crippen molar-refractivity contribution in [2.24, 2.45) is 0 Å². The Bertz CT molecular complexity index is 795. The van der Waals surface area contributed by atoms with E-state index in [2.05, 4.69) is 11.9 Å². The van der Waals surface area contributed by atoms with Crippen molar-refractivity contribution in [1.82, 2.24) is 4.98 Å². The lowest BCUT2D eigenvalue weighted by atomic mass is 10.1. The first-order valence-electron chi connectivity index (χ1n) is 7.77. The van der Waals surface area contributed by atoms with Crippen LogP contribution in [-0.4, -0.2) is 18.2 Å². The second kappa shape index (κ2) is 7.36. The molecule has 5 heteroatoms. The minimum Gasteiger partial charge on any atom is -0.490 e. The number of aromatic nitrogens is 1. The van der Waals surface area contributed by atoms with Crippen LogP contribution in [0.1, 0.15) is 10.4 Å². The fraction of sp³-hybridized carbons (Fsp3) is 0.211. The third-order valence-electron chi connectivity index (χ3n) is 3.58. The Morgan fingerprint density at radius 2 is 1.42 bits per heavy atom. The molecule has 0 saturated heterocycles. The monoisotopic (exact) mass is 340 g/mol. The van der Waals surface area contributed by atoms with Crippen molar-refractivity contribution >= 4 is 16.5 Å². The molecule has 0 unspecified atom stereocenters. The summed E-state index contributed by atoms with van der Waals surface area (Å²) in [4.78, 5) is 5.48. The second-order valence-electron chi connectivity index (χ2n) is 5.49. The summed E-state index contributed by atoms with van der Waals surface area (Å²) >= 11 is 1.50. The number of rotatable bonds is 6. The van der Waals surface area contributed by atoms with E-state index in [9.17, 15) is 0 Å². The molecular weight excluding hydrogens is 320 g/mol. The molecule has 1 heterocycles. The van der Waals surface area contributed by atoms with E-state index in [1.165, 1.54) is 16.9 Å². The van der Waals surface area contributed by atoms with E-state index in [1.54, 1.807) is 0 Å². The number of nitrogens with zero attached hydrogens (tertiary/aromatic N) is 1. The van der Waals surface area contributed by atoms with Crippen molar-refractivity contribution in [3.8, 4) is 22.8 Å².